The minimum atomic E-state index is -0.750. The molecule has 0 radical (unpaired) electrons. The third-order valence-corrected chi connectivity index (χ3v) is 7.51. The third kappa shape index (κ3) is 3.92. The molecular weight excluding hydrogens is 428 g/mol. The highest BCUT2D eigenvalue weighted by Crippen LogP contribution is 2.31. The van der Waals surface area contributed by atoms with Gasteiger partial charge in [-0.25, -0.2) is 4.98 Å². The van der Waals surface area contributed by atoms with Crippen LogP contribution in [0.25, 0.3) is 11.3 Å². The number of aromatic nitrogens is 3. The number of fused-ring (bicyclic) bond motifs is 1. The van der Waals surface area contributed by atoms with E-state index in [1.54, 1.807) is 12.4 Å². The van der Waals surface area contributed by atoms with Crippen molar-refractivity contribution in [3.8, 4) is 17.1 Å². The van der Waals surface area contributed by atoms with Crippen molar-refractivity contribution >= 4 is 16.7 Å². The first-order chi connectivity index (χ1) is 15.5. The minimum absolute atomic E-state index is 0.000712. The fourth-order valence-electron chi connectivity index (χ4n) is 4.22. The molecular formula is C23H24N4O4S. The molecule has 3 aromatic heterocycles. The van der Waals surface area contributed by atoms with E-state index in [2.05, 4.69) is 15.1 Å². The monoisotopic (exact) mass is 452 g/mol. The number of pyridine rings is 2. The summed E-state index contributed by atoms with van der Waals surface area (Å²) in [6.07, 6.45) is 4.93. The molecule has 5 rings (SSSR count). The fraction of sp³-hybridized carbons (Fsp3) is 0.391. The predicted octanol–water partition coefficient (Wildman–Crippen LogP) is 3.19. The molecule has 2 aliphatic rings. The Morgan fingerprint density at radius 1 is 1.19 bits per heavy atom. The molecule has 32 heavy (non-hydrogen) atoms. The molecule has 9 heteroatoms. The zero-order valence-electron chi connectivity index (χ0n) is 18.0. The zero-order chi connectivity index (χ0) is 22.2. The Balaban J connectivity index is 1.31. The highest BCUT2D eigenvalue weighted by Gasteiger charge is 2.35. The molecule has 0 aromatic carbocycles. The van der Waals surface area contributed by atoms with Gasteiger partial charge >= 0.3 is 0 Å². The van der Waals surface area contributed by atoms with Crippen LogP contribution in [-0.2, 0) is 24.0 Å². The van der Waals surface area contributed by atoms with Gasteiger partial charge in [0.05, 0.1) is 11.1 Å². The molecule has 1 fully saturated rings. The lowest BCUT2D eigenvalue weighted by Gasteiger charge is -2.30. The van der Waals surface area contributed by atoms with Gasteiger partial charge in [0.1, 0.15) is 18.1 Å². The van der Waals surface area contributed by atoms with E-state index in [9.17, 15) is 9.00 Å². The Hall–Kier alpha value is -3.07. The predicted molar refractivity (Wildman–Crippen MR) is 119 cm³/mol. The number of carbonyl (C=O) groups excluding carboxylic acids is 1. The molecule has 1 saturated heterocycles. The summed E-state index contributed by atoms with van der Waals surface area (Å²) in [7, 11) is -0.750. The summed E-state index contributed by atoms with van der Waals surface area (Å²) in [4.78, 5) is 23.4. The van der Waals surface area contributed by atoms with Gasteiger partial charge in [0.25, 0.3) is 5.91 Å². The van der Waals surface area contributed by atoms with Crippen LogP contribution in [0.4, 0.5) is 0 Å². The topological polar surface area (TPSA) is 98.4 Å². The number of ether oxygens (including phenoxy) is 1. The van der Waals surface area contributed by atoms with Crippen molar-refractivity contribution in [2.45, 2.75) is 45.9 Å². The van der Waals surface area contributed by atoms with E-state index in [1.165, 1.54) is 0 Å². The van der Waals surface area contributed by atoms with Crippen LogP contribution in [0.5, 0.6) is 5.88 Å². The summed E-state index contributed by atoms with van der Waals surface area (Å²) in [6, 6.07) is 5.86. The number of nitrogens with zero attached hydrogens (tertiary/aromatic N) is 4. The first-order valence-corrected chi connectivity index (χ1v) is 12.1. The van der Waals surface area contributed by atoms with Gasteiger partial charge in [-0.05, 0) is 44.4 Å². The average Bonchev–Trinajstić information content (AvgIpc) is 3.33. The highest BCUT2D eigenvalue weighted by molar-refractivity contribution is 7.85. The van der Waals surface area contributed by atoms with Crippen molar-refractivity contribution in [3.63, 3.8) is 0 Å². The van der Waals surface area contributed by atoms with Gasteiger partial charge in [-0.15, -0.1) is 0 Å². The first-order valence-electron chi connectivity index (χ1n) is 10.7. The van der Waals surface area contributed by atoms with Gasteiger partial charge in [0, 0.05) is 64.6 Å². The zero-order valence-corrected chi connectivity index (χ0v) is 18.9. The summed E-state index contributed by atoms with van der Waals surface area (Å²) in [5, 5.41) is 4.17. The second-order valence-corrected chi connectivity index (χ2v) is 9.93. The van der Waals surface area contributed by atoms with Crippen LogP contribution in [0.2, 0.25) is 0 Å². The smallest absolute Gasteiger partial charge is 0.256 e. The Kier molecular flexibility index (Phi) is 5.50. The van der Waals surface area contributed by atoms with E-state index >= 15 is 0 Å². The Bertz CT molecular complexity index is 1180. The maximum Gasteiger partial charge on any atom is 0.256 e. The van der Waals surface area contributed by atoms with Crippen molar-refractivity contribution < 1.29 is 18.3 Å². The van der Waals surface area contributed by atoms with Crippen LogP contribution in [0.3, 0.4) is 0 Å². The minimum Gasteiger partial charge on any atom is -0.473 e. The Labute approximate surface area is 188 Å². The lowest BCUT2D eigenvalue weighted by molar-refractivity contribution is 0.0691. The lowest BCUT2D eigenvalue weighted by Crippen LogP contribution is -2.40. The van der Waals surface area contributed by atoms with Gasteiger partial charge in [-0.1, -0.05) is 5.16 Å². The molecule has 0 saturated carbocycles. The number of carbonyl (C=O) groups is 1. The fourth-order valence-corrected chi connectivity index (χ4v) is 5.49. The molecule has 8 nitrogen and oxygen atoms in total. The van der Waals surface area contributed by atoms with Crippen LogP contribution in [-0.4, -0.2) is 47.7 Å². The number of rotatable bonds is 5. The molecule has 0 unspecified atom stereocenters. The molecule has 3 aromatic rings. The second kappa shape index (κ2) is 8.46. The van der Waals surface area contributed by atoms with Gasteiger partial charge in [-0.3, -0.25) is 14.0 Å². The standard InChI is InChI=1S/C23H24N4O4S/c1-14-3-4-16(10-24-14)22-20(15(2)31-26-22)13-30-21-9-17-12-27(23(28)19(17)11-25-21)18-5-7-32(29)8-6-18/h3-4,9-11,18H,5-8,12-13H2,1-2H3. The third-order valence-electron chi connectivity index (χ3n) is 6.13. The van der Waals surface area contributed by atoms with Crippen molar-refractivity contribution in [2.24, 2.45) is 0 Å². The van der Waals surface area contributed by atoms with E-state index < -0.39 is 10.8 Å². The van der Waals surface area contributed by atoms with E-state index in [0.717, 1.165) is 35.2 Å². The van der Waals surface area contributed by atoms with Crippen LogP contribution >= 0.6 is 0 Å². The molecule has 2 aliphatic heterocycles. The highest BCUT2D eigenvalue weighted by atomic mass is 32.2. The van der Waals surface area contributed by atoms with Crippen LogP contribution in [0.15, 0.2) is 35.1 Å². The normalized spacial score (nSPS) is 20.4. The van der Waals surface area contributed by atoms with Crippen LogP contribution in [0, 0.1) is 13.8 Å². The summed E-state index contributed by atoms with van der Waals surface area (Å²) < 4.78 is 23.0. The lowest BCUT2D eigenvalue weighted by atomic mass is 10.1. The molecule has 0 aliphatic carbocycles. The maximum absolute atomic E-state index is 12.8. The van der Waals surface area contributed by atoms with Gasteiger partial charge in [0.15, 0.2) is 0 Å². The van der Waals surface area contributed by atoms with Crippen LogP contribution < -0.4 is 4.74 Å². The van der Waals surface area contributed by atoms with E-state index in [4.69, 9.17) is 9.26 Å². The summed E-state index contributed by atoms with van der Waals surface area (Å²) in [5.74, 6) is 2.46. The summed E-state index contributed by atoms with van der Waals surface area (Å²) >= 11 is 0. The quantitative estimate of drug-likeness (QED) is 0.586. The van der Waals surface area contributed by atoms with Crippen molar-refractivity contribution in [2.75, 3.05) is 11.5 Å². The number of aryl methyl sites for hydroxylation is 2. The Morgan fingerprint density at radius 2 is 2.00 bits per heavy atom. The van der Waals surface area contributed by atoms with Crippen molar-refractivity contribution in [3.05, 3.63) is 58.7 Å². The van der Waals surface area contributed by atoms with Gasteiger partial charge in [-0.2, -0.15) is 0 Å². The molecule has 5 heterocycles. The van der Waals surface area contributed by atoms with Crippen molar-refractivity contribution in [1.29, 1.82) is 0 Å². The largest absolute Gasteiger partial charge is 0.473 e. The molecule has 0 spiro atoms. The number of hydrogen-bond acceptors (Lipinski definition) is 7. The molecule has 166 valence electrons. The number of hydrogen-bond donors (Lipinski definition) is 0. The van der Waals surface area contributed by atoms with E-state index in [1.807, 2.05) is 36.9 Å². The molecule has 0 atom stereocenters. The molecule has 1 amide bonds. The average molecular weight is 453 g/mol. The summed E-state index contributed by atoms with van der Waals surface area (Å²) in [5.41, 5.74) is 4.87. The molecule has 0 bridgehead atoms. The van der Waals surface area contributed by atoms with Crippen molar-refractivity contribution in [1.82, 2.24) is 20.0 Å². The molecule has 0 N–H and O–H groups in total. The van der Waals surface area contributed by atoms with Crippen LogP contribution in [0.1, 0.15) is 45.8 Å². The number of amides is 1. The van der Waals surface area contributed by atoms with E-state index in [0.29, 0.717) is 40.9 Å². The van der Waals surface area contributed by atoms with Gasteiger partial charge in [0.2, 0.25) is 5.88 Å². The first kappa shape index (κ1) is 20.8. The Morgan fingerprint density at radius 3 is 2.75 bits per heavy atom. The SMILES string of the molecule is Cc1ccc(-c2noc(C)c2COc2cc3c(cn2)C(=O)N(C2CCS(=O)CC2)C3)cn1. The van der Waals surface area contributed by atoms with Gasteiger partial charge < -0.3 is 14.2 Å². The van der Waals surface area contributed by atoms with E-state index in [-0.39, 0.29) is 18.6 Å². The summed E-state index contributed by atoms with van der Waals surface area (Å²) in [6.45, 7) is 4.57. The maximum atomic E-state index is 12.8. The second-order valence-electron chi connectivity index (χ2n) is 8.23.